The number of hydrogen-bond donors (Lipinski definition) is 1. The van der Waals surface area contributed by atoms with Crippen molar-refractivity contribution in [2.75, 3.05) is 11.0 Å². The average Bonchev–Trinajstić information content (AvgIpc) is 1.41. The highest BCUT2D eigenvalue weighted by molar-refractivity contribution is 14.1. The Morgan fingerprint density at radius 2 is 2.40 bits per heavy atom. The van der Waals surface area contributed by atoms with Gasteiger partial charge in [-0.25, -0.2) is 0 Å². The van der Waals surface area contributed by atoms with Crippen LogP contribution in [0.15, 0.2) is 0 Å². The molecule has 3 heteroatoms. The number of halogens is 2. The van der Waals surface area contributed by atoms with E-state index < -0.39 is 0 Å². The second-order valence-corrected chi connectivity index (χ2v) is 2.21. The maximum atomic E-state index is 3.05. The zero-order valence-corrected chi connectivity index (χ0v) is 6.41. The Morgan fingerprint density at radius 1 is 1.80 bits per heavy atom. The Hall–Kier alpha value is 1.17. The third-order valence-electron chi connectivity index (χ3n) is 0.189. The first-order valence-electron chi connectivity index (χ1n) is 1.31. The molecule has 0 spiro atoms. The van der Waals surface area contributed by atoms with E-state index in [9.17, 15) is 0 Å². The van der Waals surface area contributed by atoms with Gasteiger partial charge >= 0.3 is 0 Å². The van der Waals surface area contributed by atoms with Crippen molar-refractivity contribution >= 4 is 38.7 Å². The molecule has 0 aliphatic rings. The Kier molecular flexibility index (Phi) is 6.38. The minimum absolute atomic E-state index is 1.04. The van der Waals surface area contributed by atoms with Gasteiger partial charge in [0, 0.05) is 27.1 Å². The molecule has 0 saturated heterocycles. The summed E-state index contributed by atoms with van der Waals surface area (Å²) in [6, 6.07) is 0. The van der Waals surface area contributed by atoms with Crippen molar-refractivity contribution in [2.45, 2.75) is 0 Å². The summed E-state index contributed by atoms with van der Waals surface area (Å²) >= 11 is 5.35. The number of nitrogens with one attached hydrogen (secondary N) is 1. The molecule has 32 valence electrons. The lowest BCUT2D eigenvalue weighted by Crippen LogP contribution is -1.98. The summed E-state index contributed by atoms with van der Waals surface area (Å²) in [7, 11) is 0. The Balaban J connectivity index is 2.19. The van der Waals surface area contributed by atoms with Crippen molar-refractivity contribution in [2.24, 2.45) is 0 Å². The second kappa shape index (κ2) is 5.17. The minimum Gasteiger partial charge on any atom is -0.255 e. The lowest BCUT2D eigenvalue weighted by Gasteiger charge is -1.80. The van der Waals surface area contributed by atoms with Crippen molar-refractivity contribution in [3.8, 4) is 0 Å². The van der Waals surface area contributed by atoms with Crippen LogP contribution in [-0.4, -0.2) is 11.0 Å². The molecule has 0 unspecified atom stereocenters. The van der Waals surface area contributed by atoms with Crippen LogP contribution in [0.5, 0.6) is 0 Å². The SMILES string of the molecule is BrNCCI. The van der Waals surface area contributed by atoms with Gasteiger partial charge in [-0.05, 0) is 0 Å². The fourth-order valence-corrected chi connectivity index (χ4v) is 1.24. The molecule has 0 aliphatic heterocycles. The third kappa shape index (κ3) is 5.17. The highest BCUT2D eigenvalue weighted by Gasteiger charge is 1.68. The number of hydrogen-bond acceptors (Lipinski definition) is 1. The Morgan fingerprint density at radius 3 is 2.40 bits per heavy atom. The van der Waals surface area contributed by atoms with Gasteiger partial charge in [0.05, 0.1) is 0 Å². The van der Waals surface area contributed by atoms with Gasteiger partial charge < -0.3 is 0 Å². The van der Waals surface area contributed by atoms with Crippen molar-refractivity contribution in [3.63, 3.8) is 0 Å². The Labute approximate surface area is 54.0 Å². The van der Waals surface area contributed by atoms with Gasteiger partial charge in [0.25, 0.3) is 0 Å². The van der Waals surface area contributed by atoms with E-state index in [1.54, 1.807) is 0 Å². The van der Waals surface area contributed by atoms with Crippen LogP contribution in [0.25, 0.3) is 0 Å². The van der Waals surface area contributed by atoms with Crippen molar-refractivity contribution in [3.05, 3.63) is 0 Å². The fraction of sp³-hybridized carbons (Fsp3) is 1.00. The topological polar surface area (TPSA) is 12.0 Å². The molecule has 0 aromatic carbocycles. The van der Waals surface area contributed by atoms with E-state index in [1.165, 1.54) is 0 Å². The van der Waals surface area contributed by atoms with Gasteiger partial charge in [0.1, 0.15) is 0 Å². The van der Waals surface area contributed by atoms with Crippen molar-refractivity contribution < 1.29 is 0 Å². The van der Waals surface area contributed by atoms with Crippen molar-refractivity contribution in [1.82, 2.24) is 4.34 Å². The summed E-state index contributed by atoms with van der Waals surface area (Å²) in [5.41, 5.74) is 0. The molecule has 0 saturated carbocycles. The maximum Gasteiger partial charge on any atom is 0.0151 e. The molecular weight excluding hydrogens is 245 g/mol. The first-order chi connectivity index (χ1) is 2.41. The largest absolute Gasteiger partial charge is 0.255 e. The molecule has 0 atom stereocenters. The standard InChI is InChI=1S/C2H5BrIN/c3-5-2-1-4/h5H,1-2H2. The van der Waals surface area contributed by atoms with Gasteiger partial charge in [0.2, 0.25) is 0 Å². The first-order valence-corrected chi connectivity index (χ1v) is 3.63. The molecule has 0 radical (unpaired) electrons. The lowest BCUT2D eigenvalue weighted by atomic mass is 10.8. The molecule has 1 N–H and O–H groups in total. The summed E-state index contributed by atoms with van der Waals surface area (Å²) < 4.78 is 3.98. The predicted molar refractivity (Wildman–Crippen MR) is 35.8 cm³/mol. The highest BCUT2D eigenvalue weighted by atomic mass is 127. The van der Waals surface area contributed by atoms with E-state index in [2.05, 4.69) is 43.1 Å². The molecule has 0 amide bonds. The van der Waals surface area contributed by atoms with Crippen LogP contribution in [0.1, 0.15) is 0 Å². The summed E-state index contributed by atoms with van der Waals surface area (Å²) in [6.45, 7) is 1.04. The third-order valence-corrected chi connectivity index (χ3v) is 1.12. The van der Waals surface area contributed by atoms with Crippen LogP contribution < -0.4 is 4.34 Å². The van der Waals surface area contributed by atoms with Gasteiger partial charge in [-0.2, -0.15) is 0 Å². The van der Waals surface area contributed by atoms with Crippen LogP contribution in [-0.2, 0) is 0 Å². The monoisotopic (exact) mass is 249 g/mol. The number of rotatable bonds is 2. The maximum absolute atomic E-state index is 3.05. The van der Waals surface area contributed by atoms with E-state index in [4.69, 9.17) is 0 Å². The predicted octanol–water partition coefficient (Wildman–Crippen LogP) is 1.32. The van der Waals surface area contributed by atoms with E-state index in [0.29, 0.717) is 0 Å². The van der Waals surface area contributed by atoms with E-state index in [1.807, 2.05) is 0 Å². The van der Waals surface area contributed by atoms with Crippen LogP contribution in [0.4, 0.5) is 0 Å². The van der Waals surface area contributed by atoms with Crippen LogP contribution >= 0.6 is 38.7 Å². The molecule has 5 heavy (non-hydrogen) atoms. The minimum atomic E-state index is 1.04. The van der Waals surface area contributed by atoms with Gasteiger partial charge in [-0.3, -0.25) is 4.34 Å². The smallest absolute Gasteiger partial charge is 0.0151 e. The molecule has 0 aliphatic carbocycles. The zero-order valence-electron chi connectivity index (χ0n) is 2.67. The van der Waals surface area contributed by atoms with Gasteiger partial charge in [-0.15, -0.1) is 0 Å². The van der Waals surface area contributed by atoms with Crippen molar-refractivity contribution in [1.29, 1.82) is 0 Å². The molecule has 0 aromatic heterocycles. The van der Waals surface area contributed by atoms with Gasteiger partial charge in [-0.1, -0.05) is 22.6 Å². The van der Waals surface area contributed by atoms with Gasteiger partial charge in [0.15, 0.2) is 0 Å². The molecular formula is C2H5BrIN. The van der Waals surface area contributed by atoms with Crippen LogP contribution in [0.3, 0.4) is 0 Å². The lowest BCUT2D eigenvalue weighted by molar-refractivity contribution is 1.08. The molecule has 0 rings (SSSR count). The Bertz CT molecular complexity index is 17.1. The van der Waals surface area contributed by atoms with E-state index >= 15 is 0 Å². The second-order valence-electron chi connectivity index (χ2n) is 0.573. The van der Waals surface area contributed by atoms with E-state index in [0.717, 1.165) is 11.0 Å². The zero-order chi connectivity index (χ0) is 4.12. The molecule has 0 heterocycles. The summed E-state index contributed by atoms with van der Waals surface area (Å²) in [4.78, 5) is 0. The fourth-order valence-electron chi connectivity index (χ4n) is 0.0357. The van der Waals surface area contributed by atoms with Crippen LogP contribution in [0.2, 0.25) is 0 Å². The molecule has 0 fully saturated rings. The quantitative estimate of drug-likeness (QED) is 0.442. The highest BCUT2D eigenvalue weighted by Crippen LogP contribution is 1.76. The van der Waals surface area contributed by atoms with Crippen LogP contribution in [0, 0.1) is 0 Å². The average molecular weight is 250 g/mol. The summed E-state index contributed by atoms with van der Waals surface area (Å²) in [5, 5.41) is 0. The summed E-state index contributed by atoms with van der Waals surface area (Å²) in [5.74, 6) is 0. The first kappa shape index (κ1) is 6.17. The molecule has 0 bridgehead atoms. The normalized spacial score (nSPS) is 8.40. The number of alkyl halides is 1. The molecule has 0 aromatic rings. The van der Waals surface area contributed by atoms with E-state index in [-0.39, 0.29) is 0 Å². The summed E-state index contributed by atoms with van der Waals surface area (Å²) in [6.07, 6.45) is 0. The molecule has 1 nitrogen and oxygen atoms in total.